The number of rotatable bonds is 5. The highest BCUT2D eigenvalue weighted by Crippen LogP contribution is 2.47. The molecule has 0 aliphatic heterocycles. The van der Waals surface area contributed by atoms with Crippen molar-refractivity contribution in [2.24, 2.45) is 0 Å². The van der Waals surface area contributed by atoms with Crippen LogP contribution in [0.1, 0.15) is 11.3 Å². The Labute approximate surface area is 207 Å². The number of aromatic nitrogens is 1. The highest BCUT2D eigenvalue weighted by Gasteiger charge is 2.23. The first-order valence-corrected chi connectivity index (χ1v) is 13.3. The van der Waals surface area contributed by atoms with Crippen LogP contribution in [0.2, 0.25) is 5.02 Å². The van der Waals surface area contributed by atoms with Crippen LogP contribution in [0.3, 0.4) is 0 Å². The number of thiophene rings is 1. The number of anilines is 1. The number of sulfonamides is 1. The molecule has 0 unspecified atom stereocenters. The van der Waals surface area contributed by atoms with Crippen molar-refractivity contribution in [3.8, 4) is 21.6 Å². The minimum atomic E-state index is -3.86. The lowest BCUT2D eigenvalue weighted by molar-refractivity contribution is 0.601. The molecule has 0 amide bonds. The van der Waals surface area contributed by atoms with Gasteiger partial charge in [-0.3, -0.25) is 4.72 Å². The second-order valence-electron chi connectivity index (χ2n) is 8.10. The number of fused-ring (bicyclic) bond motifs is 1. The fraction of sp³-hybridized carbons (Fsp3) is 0.0741. The van der Waals surface area contributed by atoms with E-state index in [1.165, 1.54) is 12.1 Å². The summed E-state index contributed by atoms with van der Waals surface area (Å²) in [5.41, 5.74) is 5.39. The Balaban J connectivity index is 1.79. The smallest absolute Gasteiger partial charge is 0.261 e. The van der Waals surface area contributed by atoms with Crippen molar-refractivity contribution in [1.82, 2.24) is 4.98 Å². The molecule has 2 aromatic heterocycles. The van der Waals surface area contributed by atoms with Crippen LogP contribution < -0.4 is 4.72 Å². The number of nitrogens with one attached hydrogen (secondary N) is 1. The van der Waals surface area contributed by atoms with Gasteiger partial charge in [0, 0.05) is 26.5 Å². The van der Waals surface area contributed by atoms with Gasteiger partial charge in [-0.1, -0.05) is 77.8 Å². The zero-order valence-electron chi connectivity index (χ0n) is 18.5. The fourth-order valence-corrected chi connectivity index (χ4v) is 6.64. The number of aryl methyl sites for hydroxylation is 2. The highest BCUT2D eigenvalue weighted by molar-refractivity contribution is 7.92. The quantitative estimate of drug-likeness (QED) is 0.267. The standard InChI is InChI=1S/C27H21ClN2O2S2/c1-17-8-6-11-20(14-17)24-25-23(30-34(31,32)22-13-7-12-21(28)16-22)15-18(2)29-27(25)33-26(24)19-9-4-3-5-10-19/h3-16H,1-2H3,(H,29,30). The van der Waals surface area contributed by atoms with Crippen LogP contribution in [0.5, 0.6) is 0 Å². The van der Waals surface area contributed by atoms with Crippen LogP contribution in [-0.4, -0.2) is 13.4 Å². The summed E-state index contributed by atoms with van der Waals surface area (Å²) in [7, 11) is -3.86. The molecule has 5 aromatic rings. The second kappa shape index (κ2) is 8.87. The van der Waals surface area contributed by atoms with Crippen LogP contribution >= 0.6 is 22.9 Å². The summed E-state index contributed by atoms with van der Waals surface area (Å²) in [4.78, 5) is 6.70. The van der Waals surface area contributed by atoms with Crippen molar-refractivity contribution >= 4 is 48.9 Å². The van der Waals surface area contributed by atoms with Gasteiger partial charge in [0.1, 0.15) is 4.83 Å². The predicted octanol–water partition coefficient (Wildman–Crippen LogP) is 7.70. The second-order valence-corrected chi connectivity index (χ2v) is 11.2. The lowest BCUT2D eigenvalue weighted by atomic mass is 9.97. The predicted molar refractivity (Wildman–Crippen MR) is 142 cm³/mol. The molecule has 5 rings (SSSR count). The largest absolute Gasteiger partial charge is 0.279 e. The maximum atomic E-state index is 13.3. The van der Waals surface area contributed by atoms with Crippen molar-refractivity contribution in [2.75, 3.05) is 4.72 Å². The minimum Gasteiger partial charge on any atom is -0.279 e. The van der Waals surface area contributed by atoms with E-state index in [1.54, 1.807) is 29.5 Å². The molecule has 2 heterocycles. The molecule has 1 N–H and O–H groups in total. The lowest BCUT2D eigenvalue weighted by Gasteiger charge is -2.13. The van der Waals surface area contributed by atoms with E-state index < -0.39 is 10.0 Å². The average molecular weight is 505 g/mol. The Morgan fingerprint density at radius 1 is 0.853 bits per heavy atom. The number of hydrogen-bond acceptors (Lipinski definition) is 4. The molecule has 0 aliphatic carbocycles. The van der Waals surface area contributed by atoms with E-state index in [0.29, 0.717) is 10.7 Å². The Morgan fingerprint density at radius 2 is 1.59 bits per heavy atom. The van der Waals surface area contributed by atoms with Crippen molar-refractivity contribution in [2.45, 2.75) is 18.7 Å². The minimum absolute atomic E-state index is 0.109. The van der Waals surface area contributed by atoms with Gasteiger partial charge in [-0.25, -0.2) is 13.4 Å². The fourth-order valence-electron chi connectivity index (χ4n) is 4.01. The van der Waals surface area contributed by atoms with Gasteiger partial charge in [-0.05, 0) is 49.2 Å². The highest BCUT2D eigenvalue weighted by atomic mass is 35.5. The maximum Gasteiger partial charge on any atom is 0.261 e. The van der Waals surface area contributed by atoms with Gasteiger partial charge in [0.25, 0.3) is 10.0 Å². The van der Waals surface area contributed by atoms with Crippen LogP contribution in [0.15, 0.2) is 89.8 Å². The molecule has 0 bridgehead atoms. The van der Waals surface area contributed by atoms with Crippen LogP contribution in [0.4, 0.5) is 5.69 Å². The summed E-state index contributed by atoms with van der Waals surface area (Å²) in [5.74, 6) is 0. The third kappa shape index (κ3) is 4.32. The molecule has 4 nitrogen and oxygen atoms in total. The Morgan fingerprint density at radius 3 is 2.32 bits per heavy atom. The number of halogens is 1. The summed E-state index contributed by atoms with van der Waals surface area (Å²) in [6.07, 6.45) is 0. The zero-order valence-corrected chi connectivity index (χ0v) is 20.9. The van der Waals surface area contributed by atoms with Gasteiger partial charge in [0.15, 0.2) is 0 Å². The summed E-state index contributed by atoms with van der Waals surface area (Å²) < 4.78 is 29.4. The summed E-state index contributed by atoms with van der Waals surface area (Å²) in [6, 6.07) is 26.4. The van der Waals surface area contributed by atoms with Crippen molar-refractivity contribution < 1.29 is 8.42 Å². The van der Waals surface area contributed by atoms with E-state index in [9.17, 15) is 8.42 Å². The van der Waals surface area contributed by atoms with E-state index in [0.717, 1.165) is 43.0 Å². The van der Waals surface area contributed by atoms with Gasteiger partial charge >= 0.3 is 0 Å². The molecule has 170 valence electrons. The monoisotopic (exact) mass is 504 g/mol. The van der Waals surface area contributed by atoms with Crippen LogP contribution in [0, 0.1) is 13.8 Å². The van der Waals surface area contributed by atoms with Crippen LogP contribution in [-0.2, 0) is 10.0 Å². The molecule has 0 saturated carbocycles. The Hall–Kier alpha value is -3.19. The number of pyridine rings is 1. The topological polar surface area (TPSA) is 59.1 Å². The Bertz CT molecular complexity index is 1630. The van der Waals surface area contributed by atoms with Gasteiger partial charge in [0.2, 0.25) is 0 Å². The van der Waals surface area contributed by atoms with E-state index in [4.69, 9.17) is 16.6 Å². The van der Waals surface area contributed by atoms with Gasteiger partial charge < -0.3 is 0 Å². The van der Waals surface area contributed by atoms with Crippen molar-refractivity contribution in [3.63, 3.8) is 0 Å². The van der Waals surface area contributed by atoms with E-state index in [-0.39, 0.29) is 4.90 Å². The molecule has 34 heavy (non-hydrogen) atoms. The average Bonchev–Trinajstić information content (AvgIpc) is 3.19. The number of nitrogens with zero attached hydrogens (tertiary/aromatic N) is 1. The van der Waals surface area contributed by atoms with Gasteiger partial charge in [-0.15, -0.1) is 11.3 Å². The van der Waals surface area contributed by atoms with Crippen LogP contribution in [0.25, 0.3) is 31.8 Å². The molecule has 3 aromatic carbocycles. The number of hydrogen-bond donors (Lipinski definition) is 1. The molecular formula is C27H21ClN2O2S2. The normalized spacial score (nSPS) is 11.6. The summed E-state index contributed by atoms with van der Waals surface area (Å²) in [6.45, 7) is 3.91. The lowest BCUT2D eigenvalue weighted by Crippen LogP contribution is -2.13. The van der Waals surface area contributed by atoms with E-state index in [1.807, 2.05) is 44.2 Å². The SMILES string of the molecule is Cc1cccc(-c2c(-c3ccccc3)sc3nc(C)cc(NS(=O)(=O)c4cccc(Cl)c4)c23)c1. The van der Waals surface area contributed by atoms with E-state index in [2.05, 4.69) is 29.0 Å². The van der Waals surface area contributed by atoms with Crippen molar-refractivity contribution in [3.05, 3.63) is 101 Å². The third-order valence-electron chi connectivity index (χ3n) is 5.48. The molecule has 0 radical (unpaired) electrons. The molecule has 7 heteroatoms. The first-order valence-electron chi connectivity index (χ1n) is 10.7. The third-order valence-corrected chi connectivity index (χ3v) is 8.21. The summed E-state index contributed by atoms with van der Waals surface area (Å²) in [5, 5.41) is 1.15. The first kappa shape index (κ1) is 22.6. The molecule has 0 aliphatic rings. The van der Waals surface area contributed by atoms with Gasteiger partial charge in [0.05, 0.1) is 10.6 Å². The first-order chi connectivity index (χ1) is 16.3. The Kier molecular flexibility index (Phi) is 5.90. The van der Waals surface area contributed by atoms with Crippen molar-refractivity contribution in [1.29, 1.82) is 0 Å². The number of benzene rings is 3. The van der Waals surface area contributed by atoms with E-state index >= 15 is 0 Å². The molecule has 0 saturated heterocycles. The zero-order chi connectivity index (χ0) is 23.9. The molecule has 0 spiro atoms. The van der Waals surface area contributed by atoms with Gasteiger partial charge in [-0.2, -0.15) is 0 Å². The summed E-state index contributed by atoms with van der Waals surface area (Å²) >= 11 is 7.63. The molecular weight excluding hydrogens is 484 g/mol. The molecule has 0 fully saturated rings. The molecule has 0 atom stereocenters. The maximum absolute atomic E-state index is 13.3.